The Morgan fingerprint density at radius 1 is 0.929 bits per heavy atom. The van der Waals surface area contributed by atoms with E-state index in [0.29, 0.717) is 50.3 Å². The molecule has 3 N–H and O–H groups in total. The molecule has 0 atom stereocenters. The summed E-state index contributed by atoms with van der Waals surface area (Å²) in [6.45, 7) is 0.432. The zero-order chi connectivity index (χ0) is 28.6. The van der Waals surface area contributed by atoms with Crippen molar-refractivity contribution in [3.05, 3.63) is 114 Å². The first kappa shape index (κ1) is 25.3. The molecule has 0 aliphatic rings. The smallest absolute Gasteiger partial charge is 0.195 e. The summed E-state index contributed by atoms with van der Waals surface area (Å²) in [7, 11) is 0. The number of fused-ring (bicyclic) bond motifs is 2. The Labute approximate surface area is 243 Å². The quantitative estimate of drug-likeness (QED) is 0.222. The molecule has 0 saturated heterocycles. The maximum absolute atomic E-state index is 14.2. The van der Waals surface area contributed by atoms with Crippen molar-refractivity contribution >= 4 is 44.2 Å². The van der Waals surface area contributed by atoms with Crippen LogP contribution >= 0.6 is 11.3 Å². The summed E-state index contributed by atoms with van der Waals surface area (Å²) >= 11 is 1.17. The monoisotopic (exact) mass is 568 g/mol. The van der Waals surface area contributed by atoms with Crippen molar-refractivity contribution in [1.29, 1.82) is 5.26 Å². The number of aromatic nitrogens is 5. The zero-order valence-electron chi connectivity index (χ0n) is 22.0. The molecule has 0 radical (unpaired) electrons. The number of nitrogens with zero attached hydrogens (tertiary/aromatic N) is 6. The van der Waals surface area contributed by atoms with Gasteiger partial charge in [-0.2, -0.15) is 5.26 Å². The van der Waals surface area contributed by atoms with Crippen LogP contribution in [0.25, 0.3) is 49.7 Å². The van der Waals surface area contributed by atoms with Gasteiger partial charge < -0.3 is 11.1 Å². The zero-order valence-corrected chi connectivity index (χ0v) is 22.8. The largest absolute Gasteiger partial charge is 0.383 e. The average Bonchev–Trinajstić information content (AvgIpc) is 3.62. The Balaban J connectivity index is 1.27. The van der Waals surface area contributed by atoms with E-state index in [1.54, 1.807) is 6.20 Å². The number of imidazole rings is 1. The lowest BCUT2D eigenvalue weighted by Gasteiger charge is -2.12. The molecule has 0 amide bonds. The molecule has 7 rings (SSSR count). The van der Waals surface area contributed by atoms with Gasteiger partial charge in [0.2, 0.25) is 0 Å². The Hall–Kier alpha value is -5.66. The number of pyridine rings is 2. The van der Waals surface area contributed by atoms with E-state index in [1.165, 1.54) is 23.5 Å². The maximum Gasteiger partial charge on any atom is 0.195 e. The second-order valence-electron chi connectivity index (χ2n) is 9.56. The highest BCUT2D eigenvalue weighted by atomic mass is 32.1. The molecule has 0 aliphatic carbocycles. The number of thiazole rings is 1. The van der Waals surface area contributed by atoms with E-state index >= 15 is 0 Å². The van der Waals surface area contributed by atoms with Crippen LogP contribution in [-0.2, 0) is 6.54 Å². The van der Waals surface area contributed by atoms with Crippen LogP contribution in [0.5, 0.6) is 0 Å². The van der Waals surface area contributed by atoms with Crippen LogP contribution in [-0.4, -0.2) is 24.5 Å². The number of anilines is 2. The summed E-state index contributed by atoms with van der Waals surface area (Å²) < 4.78 is 16.9. The van der Waals surface area contributed by atoms with Crippen molar-refractivity contribution in [1.82, 2.24) is 24.5 Å². The minimum absolute atomic E-state index is 0.296. The highest BCUT2D eigenvalue weighted by Crippen LogP contribution is 2.33. The molecule has 0 aliphatic heterocycles. The molecule has 0 bridgehead atoms. The molecular formula is C32H21FN8S. The van der Waals surface area contributed by atoms with E-state index in [2.05, 4.69) is 15.3 Å². The van der Waals surface area contributed by atoms with Gasteiger partial charge in [0.1, 0.15) is 28.7 Å². The molecule has 8 nitrogen and oxygen atoms in total. The highest BCUT2D eigenvalue weighted by molar-refractivity contribution is 7.19. The Morgan fingerprint density at radius 3 is 2.55 bits per heavy atom. The summed E-state index contributed by atoms with van der Waals surface area (Å²) in [6.07, 6.45) is 1.65. The van der Waals surface area contributed by atoms with Crippen LogP contribution in [0.2, 0.25) is 0 Å². The van der Waals surface area contributed by atoms with Gasteiger partial charge in [0, 0.05) is 24.0 Å². The molecule has 0 fully saturated rings. The minimum atomic E-state index is -0.384. The van der Waals surface area contributed by atoms with Gasteiger partial charge in [-0.05, 0) is 54.1 Å². The van der Waals surface area contributed by atoms with Crippen LogP contribution in [0.1, 0.15) is 10.6 Å². The molecule has 3 aromatic carbocycles. The first-order valence-corrected chi connectivity index (χ1v) is 13.9. The van der Waals surface area contributed by atoms with Crippen molar-refractivity contribution in [2.24, 2.45) is 0 Å². The lowest BCUT2D eigenvalue weighted by molar-refractivity contribution is 0.630. The number of nitriles is 1. The normalized spacial score (nSPS) is 11.1. The number of rotatable bonds is 6. The second kappa shape index (κ2) is 10.4. The predicted octanol–water partition coefficient (Wildman–Crippen LogP) is 6.96. The lowest BCUT2D eigenvalue weighted by atomic mass is 10.1. The van der Waals surface area contributed by atoms with Crippen molar-refractivity contribution in [2.45, 2.75) is 6.54 Å². The van der Waals surface area contributed by atoms with Crippen LogP contribution in [0.15, 0.2) is 97.2 Å². The fraction of sp³-hybridized carbons (Fsp3) is 0.0312. The van der Waals surface area contributed by atoms with Gasteiger partial charge in [-0.15, -0.1) is 11.3 Å². The van der Waals surface area contributed by atoms with Gasteiger partial charge in [-0.1, -0.05) is 42.5 Å². The van der Waals surface area contributed by atoms with Crippen molar-refractivity contribution in [3.8, 4) is 34.4 Å². The van der Waals surface area contributed by atoms with Gasteiger partial charge in [-0.3, -0.25) is 4.57 Å². The van der Waals surface area contributed by atoms with E-state index < -0.39 is 0 Å². The number of benzene rings is 3. The molecule has 42 heavy (non-hydrogen) atoms. The molecule has 7 aromatic rings. The van der Waals surface area contributed by atoms with Gasteiger partial charge >= 0.3 is 0 Å². The summed E-state index contributed by atoms with van der Waals surface area (Å²) in [5.74, 6) is 0.629. The third-order valence-corrected chi connectivity index (χ3v) is 7.79. The molecule has 0 unspecified atom stereocenters. The second-order valence-corrected chi connectivity index (χ2v) is 10.6. The van der Waals surface area contributed by atoms with Crippen LogP contribution in [0.4, 0.5) is 15.9 Å². The Bertz CT molecular complexity index is 2130. The van der Waals surface area contributed by atoms with Gasteiger partial charge in [0.15, 0.2) is 16.5 Å². The van der Waals surface area contributed by atoms with Crippen LogP contribution in [0, 0.1) is 17.1 Å². The van der Waals surface area contributed by atoms with E-state index in [9.17, 15) is 9.65 Å². The van der Waals surface area contributed by atoms with Gasteiger partial charge in [0.25, 0.3) is 0 Å². The third-order valence-electron chi connectivity index (χ3n) is 6.89. The summed E-state index contributed by atoms with van der Waals surface area (Å²) in [4.78, 5) is 18.5. The van der Waals surface area contributed by atoms with E-state index in [-0.39, 0.29) is 5.82 Å². The number of nitrogens with two attached hydrogens (primary N) is 1. The number of hydrogen-bond donors (Lipinski definition) is 2. The van der Waals surface area contributed by atoms with Crippen molar-refractivity contribution < 1.29 is 4.39 Å². The number of hydrogen-bond acceptors (Lipinski definition) is 8. The number of nitrogens with one attached hydrogen (secondary N) is 1. The molecule has 0 spiro atoms. The number of halogens is 1. The van der Waals surface area contributed by atoms with E-state index in [0.717, 1.165) is 28.0 Å². The molecule has 4 aromatic heterocycles. The van der Waals surface area contributed by atoms with Gasteiger partial charge in [0.05, 0.1) is 21.6 Å². The fourth-order valence-corrected chi connectivity index (χ4v) is 5.71. The summed E-state index contributed by atoms with van der Waals surface area (Å²) in [6, 6.07) is 30.4. The first-order chi connectivity index (χ1) is 20.6. The first-order valence-electron chi connectivity index (χ1n) is 13.1. The molecular weight excluding hydrogens is 547 g/mol. The lowest BCUT2D eigenvalue weighted by Crippen LogP contribution is -2.04. The topological polar surface area (TPSA) is 118 Å². The van der Waals surface area contributed by atoms with Gasteiger partial charge in [-0.25, -0.2) is 24.3 Å². The standard InChI is InChI=1S/C32H21FN8S/c33-21-15-26(29-27(16-21)42-28(17-34)40-29)37-18-19-8-10-22(11-9-19)41-31(23-7-4-14-36-30(23)35)39-25-13-12-24(38-32(25)41)20-5-2-1-3-6-20/h1-16,37H,18H2,(H2,35,36). The van der Waals surface area contributed by atoms with Crippen LogP contribution in [0.3, 0.4) is 0 Å². The molecule has 4 heterocycles. The minimum Gasteiger partial charge on any atom is -0.383 e. The number of nitrogen functional groups attached to an aromatic ring is 1. The summed E-state index contributed by atoms with van der Waals surface area (Å²) in [5, 5.41) is 12.8. The maximum atomic E-state index is 14.2. The molecule has 0 saturated carbocycles. The average molecular weight is 569 g/mol. The van der Waals surface area contributed by atoms with Crippen molar-refractivity contribution in [2.75, 3.05) is 11.1 Å². The van der Waals surface area contributed by atoms with E-state index in [4.69, 9.17) is 15.7 Å². The summed E-state index contributed by atoms with van der Waals surface area (Å²) in [5.41, 5.74) is 13.2. The molecule has 202 valence electrons. The Kier molecular flexibility index (Phi) is 6.26. The predicted molar refractivity (Wildman–Crippen MR) is 164 cm³/mol. The van der Waals surface area contributed by atoms with Crippen LogP contribution < -0.4 is 11.1 Å². The van der Waals surface area contributed by atoms with E-state index in [1.807, 2.05) is 89.5 Å². The van der Waals surface area contributed by atoms with Crippen molar-refractivity contribution in [3.63, 3.8) is 0 Å². The molecule has 10 heteroatoms. The Morgan fingerprint density at radius 2 is 1.76 bits per heavy atom. The highest BCUT2D eigenvalue weighted by Gasteiger charge is 2.19. The fourth-order valence-electron chi connectivity index (χ4n) is 4.90. The third kappa shape index (κ3) is 4.58. The SMILES string of the molecule is N#Cc1nc2c(NCc3ccc(-n4c(-c5cccnc5N)nc5ccc(-c6ccccc6)nc54)cc3)cc(F)cc2s1.